The van der Waals surface area contributed by atoms with Crippen molar-refractivity contribution in [2.45, 2.75) is 49.6 Å². The molecule has 0 bridgehead atoms. The van der Waals surface area contributed by atoms with Crippen LogP contribution in [-0.4, -0.2) is 33.0 Å². The summed E-state index contributed by atoms with van der Waals surface area (Å²) in [7, 11) is -3.51. The molecule has 0 aliphatic carbocycles. The molecule has 1 aromatic carbocycles. The van der Waals surface area contributed by atoms with E-state index in [1.807, 2.05) is 6.07 Å². The molecule has 2 saturated heterocycles. The van der Waals surface area contributed by atoms with Crippen LogP contribution < -0.4 is 5.48 Å². The Morgan fingerprint density at radius 3 is 2.67 bits per heavy atom. The second-order valence-corrected chi connectivity index (χ2v) is 11.2. The lowest BCUT2D eigenvalue weighted by molar-refractivity contribution is -0.200. The Kier molecular flexibility index (Phi) is 6.24. The first-order chi connectivity index (χ1) is 14.4. The van der Waals surface area contributed by atoms with Gasteiger partial charge in [0, 0.05) is 22.8 Å². The fraction of sp³-hybridized carbons (Fsp3) is 0.476. The van der Waals surface area contributed by atoms with E-state index in [1.165, 1.54) is 23.5 Å². The highest BCUT2D eigenvalue weighted by atomic mass is 32.2. The van der Waals surface area contributed by atoms with Gasteiger partial charge < -0.3 is 4.74 Å². The van der Waals surface area contributed by atoms with Gasteiger partial charge in [-0.1, -0.05) is 12.1 Å². The number of thiophene rings is 1. The van der Waals surface area contributed by atoms with E-state index in [4.69, 9.17) is 9.57 Å². The zero-order chi connectivity index (χ0) is 21.2. The first kappa shape index (κ1) is 21.4. The fourth-order valence-electron chi connectivity index (χ4n) is 4.04. The van der Waals surface area contributed by atoms with Crippen molar-refractivity contribution in [2.24, 2.45) is 0 Å². The number of carbonyl (C=O) groups is 1. The van der Waals surface area contributed by atoms with Crippen LogP contribution in [0.4, 0.5) is 4.39 Å². The zero-order valence-corrected chi connectivity index (χ0v) is 18.1. The third-order valence-corrected chi connectivity index (χ3v) is 9.71. The van der Waals surface area contributed by atoms with Crippen LogP contribution in [0.15, 0.2) is 36.4 Å². The van der Waals surface area contributed by atoms with Crippen molar-refractivity contribution in [1.29, 1.82) is 0 Å². The Hall–Kier alpha value is -1.81. The lowest BCUT2D eigenvalue weighted by Gasteiger charge is -2.27. The second kappa shape index (κ2) is 8.74. The van der Waals surface area contributed by atoms with Gasteiger partial charge in [0.25, 0.3) is 0 Å². The van der Waals surface area contributed by atoms with E-state index >= 15 is 0 Å². The standard InChI is InChI=1S/C21H24FNO5S2/c22-16-7-5-15(6-8-16)17-9-10-18(29-17)21(11-3-13-30(21,25)26)14-19(24)23-28-20-4-1-2-12-27-20/h5-10,20H,1-4,11-14H2,(H,23,24)/t20?,21-/m0/s1. The number of benzene rings is 1. The van der Waals surface area contributed by atoms with E-state index in [9.17, 15) is 17.6 Å². The number of amides is 1. The molecule has 1 unspecified atom stereocenters. The summed E-state index contributed by atoms with van der Waals surface area (Å²) < 4.78 is 43.4. The highest BCUT2D eigenvalue weighted by Crippen LogP contribution is 2.48. The summed E-state index contributed by atoms with van der Waals surface area (Å²) in [6.45, 7) is 0.584. The fourth-order valence-corrected chi connectivity index (χ4v) is 7.77. The molecule has 1 amide bonds. The summed E-state index contributed by atoms with van der Waals surface area (Å²) in [4.78, 5) is 19.4. The van der Waals surface area contributed by atoms with Crippen LogP contribution in [0.25, 0.3) is 10.4 Å². The Balaban J connectivity index is 1.54. The van der Waals surface area contributed by atoms with Gasteiger partial charge in [-0.2, -0.15) is 0 Å². The minimum atomic E-state index is -3.51. The van der Waals surface area contributed by atoms with Crippen molar-refractivity contribution in [1.82, 2.24) is 5.48 Å². The zero-order valence-electron chi connectivity index (χ0n) is 16.4. The molecular weight excluding hydrogens is 429 g/mol. The second-order valence-electron chi connectivity index (χ2n) is 7.70. The monoisotopic (exact) mass is 453 g/mol. The number of rotatable bonds is 6. The van der Waals surface area contributed by atoms with E-state index in [0.717, 1.165) is 23.3 Å². The maximum atomic E-state index is 13.2. The molecule has 0 radical (unpaired) electrons. The van der Waals surface area contributed by atoms with E-state index in [-0.39, 0.29) is 18.0 Å². The Bertz CT molecular complexity index is 999. The van der Waals surface area contributed by atoms with Gasteiger partial charge in [0.05, 0.1) is 12.2 Å². The molecule has 6 nitrogen and oxygen atoms in total. The van der Waals surface area contributed by atoms with Crippen LogP contribution in [0.2, 0.25) is 0 Å². The van der Waals surface area contributed by atoms with Crippen molar-refractivity contribution < 1.29 is 27.2 Å². The lowest BCUT2D eigenvalue weighted by atomic mass is 9.97. The van der Waals surface area contributed by atoms with E-state index in [0.29, 0.717) is 30.7 Å². The first-order valence-corrected chi connectivity index (χ1v) is 12.5. The third-order valence-electron chi connectivity index (χ3n) is 5.66. The van der Waals surface area contributed by atoms with E-state index in [2.05, 4.69) is 5.48 Å². The van der Waals surface area contributed by atoms with Gasteiger partial charge in [0.1, 0.15) is 10.6 Å². The maximum Gasteiger partial charge on any atom is 0.245 e. The highest BCUT2D eigenvalue weighted by Gasteiger charge is 2.51. The van der Waals surface area contributed by atoms with Gasteiger partial charge in [0.2, 0.25) is 5.91 Å². The number of nitrogens with one attached hydrogen (secondary N) is 1. The number of halogens is 1. The molecule has 2 aromatic rings. The Morgan fingerprint density at radius 1 is 1.20 bits per heavy atom. The summed E-state index contributed by atoms with van der Waals surface area (Å²) >= 11 is 1.33. The smallest absolute Gasteiger partial charge is 0.245 e. The number of hydroxylamine groups is 1. The van der Waals surface area contributed by atoms with Crippen LogP contribution in [0.5, 0.6) is 0 Å². The molecule has 1 N–H and O–H groups in total. The van der Waals surface area contributed by atoms with Gasteiger partial charge >= 0.3 is 0 Å². The largest absolute Gasteiger partial charge is 0.350 e. The average Bonchev–Trinajstić information content (AvgIpc) is 3.33. The van der Waals surface area contributed by atoms with Gasteiger partial charge in [-0.15, -0.1) is 11.3 Å². The molecule has 9 heteroatoms. The summed E-state index contributed by atoms with van der Waals surface area (Å²) in [6.07, 6.45) is 2.80. The van der Waals surface area contributed by atoms with Crippen molar-refractivity contribution in [3.8, 4) is 10.4 Å². The molecule has 3 heterocycles. The van der Waals surface area contributed by atoms with Crippen LogP contribution in [0.3, 0.4) is 0 Å². The Morgan fingerprint density at radius 2 is 2.00 bits per heavy atom. The number of sulfone groups is 1. The molecule has 0 spiro atoms. The molecule has 162 valence electrons. The normalized spacial score (nSPS) is 25.8. The van der Waals surface area contributed by atoms with Gasteiger partial charge in [-0.3, -0.25) is 4.79 Å². The molecule has 2 aliphatic rings. The lowest BCUT2D eigenvalue weighted by Crippen LogP contribution is -2.40. The van der Waals surface area contributed by atoms with Gasteiger partial charge in [-0.05, 0) is 55.5 Å². The third kappa shape index (κ3) is 4.30. The molecular formula is C21H24FNO5S2. The molecule has 2 fully saturated rings. The van der Waals surface area contributed by atoms with Crippen molar-refractivity contribution in [3.05, 3.63) is 47.1 Å². The molecule has 2 atom stereocenters. The first-order valence-electron chi connectivity index (χ1n) is 10.0. The summed E-state index contributed by atoms with van der Waals surface area (Å²) in [5.74, 6) is -0.758. The van der Waals surface area contributed by atoms with Crippen LogP contribution in [0.1, 0.15) is 43.4 Å². The maximum absolute atomic E-state index is 13.2. The number of hydrogen-bond donors (Lipinski definition) is 1. The Labute approximate surface area is 179 Å². The van der Waals surface area contributed by atoms with Gasteiger partial charge in [-0.25, -0.2) is 23.1 Å². The average molecular weight is 454 g/mol. The predicted octanol–water partition coefficient (Wildman–Crippen LogP) is 3.92. The van der Waals surface area contributed by atoms with Crippen LogP contribution in [-0.2, 0) is 29.0 Å². The summed E-state index contributed by atoms with van der Waals surface area (Å²) in [6, 6.07) is 9.65. The molecule has 1 aromatic heterocycles. The quantitative estimate of drug-likeness (QED) is 0.671. The number of ether oxygens (including phenoxy) is 1. The van der Waals surface area contributed by atoms with Crippen molar-refractivity contribution in [2.75, 3.05) is 12.4 Å². The summed E-state index contributed by atoms with van der Waals surface area (Å²) in [5, 5.41) is 0. The molecule has 2 aliphatic heterocycles. The predicted molar refractivity (Wildman–Crippen MR) is 112 cm³/mol. The van der Waals surface area contributed by atoms with E-state index in [1.54, 1.807) is 18.2 Å². The van der Waals surface area contributed by atoms with Crippen LogP contribution in [0, 0.1) is 5.82 Å². The number of carbonyl (C=O) groups excluding carboxylic acids is 1. The van der Waals surface area contributed by atoms with Gasteiger partial charge in [0.15, 0.2) is 16.1 Å². The SMILES string of the molecule is O=C(C[C@]1(c2ccc(-c3ccc(F)cc3)s2)CCCS1(=O)=O)NOC1CCCCO1. The minimum absolute atomic E-state index is 0.0522. The highest BCUT2D eigenvalue weighted by molar-refractivity contribution is 7.92. The summed E-state index contributed by atoms with van der Waals surface area (Å²) in [5.41, 5.74) is 3.20. The van der Waals surface area contributed by atoms with Crippen molar-refractivity contribution >= 4 is 27.1 Å². The van der Waals surface area contributed by atoms with E-state index < -0.39 is 26.8 Å². The number of hydrogen-bond acceptors (Lipinski definition) is 6. The van der Waals surface area contributed by atoms with Crippen molar-refractivity contribution in [3.63, 3.8) is 0 Å². The van der Waals surface area contributed by atoms with Crippen LogP contribution >= 0.6 is 11.3 Å². The molecule has 30 heavy (non-hydrogen) atoms. The topological polar surface area (TPSA) is 81.7 Å². The minimum Gasteiger partial charge on any atom is -0.350 e. The molecule has 4 rings (SSSR count). The molecule has 0 saturated carbocycles.